The molecule has 2 aliphatic rings. The number of likely N-dealkylation sites (tertiary alicyclic amines) is 1. The van der Waals surface area contributed by atoms with Crippen LogP contribution in [-0.2, 0) is 17.3 Å². The Kier molecular flexibility index (Phi) is 4.25. The molecule has 2 N–H and O–H groups in total. The Hall–Kier alpha value is -2.09. The van der Waals surface area contributed by atoms with Crippen molar-refractivity contribution in [3.05, 3.63) is 11.8 Å². The van der Waals surface area contributed by atoms with Crippen molar-refractivity contribution in [3.63, 3.8) is 0 Å². The number of rotatable bonds is 4. The molecule has 3 amide bonds. The molecule has 0 spiro atoms. The van der Waals surface area contributed by atoms with Crippen molar-refractivity contribution in [2.75, 3.05) is 38.0 Å². The van der Waals surface area contributed by atoms with Gasteiger partial charge in [-0.3, -0.25) is 14.4 Å². The summed E-state index contributed by atoms with van der Waals surface area (Å²) in [5, 5.41) is 10.2. The Balaban J connectivity index is 1.49. The van der Waals surface area contributed by atoms with Gasteiger partial charge in [0.1, 0.15) is 5.82 Å². The molecule has 0 atom stereocenters. The van der Waals surface area contributed by atoms with Crippen LogP contribution in [0.15, 0.2) is 6.07 Å². The van der Waals surface area contributed by atoms with Crippen LogP contribution in [0.3, 0.4) is 0 Å². The van der Waals surface area contributed by atoms with Gasteiger partial charge in [0.15, 0.2) is 0 Å². The van der Waals surface area contributed by atoms with E-state index in [0.29, 0.717) is 18.9 Å². The van der Waals surface area contributed by atoms with Crippen LogP contribution in [0.25, 0.3) is 0 Å². The first-order valence-corrected chi connectivity index (χ1v) is 8.35. The summed E-state index contributed by atoms with van der Waals surface area (Å²) in [4.78, 5) is 27.7. The number of anilines is 1. The van der Waals surface area contributed by atoms with Crippen molar-refractivity contribution in [2.24, 2.45) is 7.05 Å². The molecule has 3 heterocycles. The molecule has 1 aromatic rings. The zero-order valence-electron chi connectivity index (χ0n) is 14.8. The topological polar surface area (TPSA) is 82.5 Å². The third-order valence-corrected chi connectivity index (χ3v) is 4.55. The maximum Gasteiger partial charge on any atom is 0.317 e. The standard InChI is InChI=1S/C16H26N6O2/c1-16(2,3)12-7-13(20(4)19-12)18-14(23)10-21-8-11(9-21)22-6-5-17-15(22)24/h7,11H,5-6,8-10H2,1-4H3,(H,17,24)(H,18,23). The number of carbonyl (C=O) groups excluding carboxylic acids is 2. The Labute approximate surface area is 142 Å². The monoisotopic (exact) mass is 334 g/mol. The van der Waals surface area contributed by atoms with Gasteiger partial charge in [-0.05, 0) is 0 Å². The van der Waals surface area contributed by atoms with E-state index in [1.165, 1.54) is 0 Å². The Bertz CT molecular complexity index is 641. The van der Waals surface area contributed by atoms with Gasteiger partial charge in [-0.15, -0.1) is 0 Å². The van der Waals surface area contributed by atoms with E-state index < -0.39 is 0 Å². The minimum Gasteiger partial charge on any atom is -0.336 e. The van der Waals surface area contributed by atoms with Crippen molar-refractivity contribution in [2.45, 2.75) is 32.2 Å². The minimum atomic E-state index is -0.0538. The van der Waals surface area contributed by atoms with Crippen LogP contribution in [0.2, 0.25) is 0 Å². The number of aryl methyl sites for hydroxylation is 1. The van der Waals surface area contributed by atoms with Gasteiger partial charge in [0.25, 0.3) is 0 Å². The lowest BCUT2D eigenvalue weighted by atomic mass is 9.92. The van der Waals surface area contributed by atoms with Crippen LogP contribution >= 0.6 is 0 Å². The van der Waals surface area contributed by atoms with Gasteiger partial charge in [-0.1, -0.05) is 20.8 Å². The fourth-order valence-corrected chi connectivity index (χ4v) is 3.04. The second kappa shape index (κ2) is 6.08. The molecule has 0 bridgehead atoms. The molecule has 0 saturated carbocycles. The van der Waals surface area contributed by atoms with Crippen LogP contribution in [0, 0.1) is 0 Å². The van der Waals surface area contributed by atoms with Crippen LogP contribution in [0.1, 0.15) is 26.5 Å². The summed E-state index contributed by atoms with van der Waals surface area (Å²) in [6.07, 6.45) is 0. The smallest absolute Gasteiger partial charge is 0.317 e. The number of nitrogens with one attached hydrogen (secondary N) is 2. The highest BCUT2D eigenvalue weighted by molar-refractivity contribution is 5.91. The van der Waals surface area contributed by atoms with E-state index in [1.807, 2.05) is 22.9 Å². The first kappa shape index (κ1) is 16.8. The molecule has 8 nitrogen and oxygen atoms in total. The molecule has 1 aromatic heterocycles. The van der Waals surface area contributed by atoms with Crippen LogP contribution in [0.4, 0.5) is 10.6 Å². The summed E-state index contributed by atoms with van der Waals surface area (Å²) in [6.45, 7) is 9.59. The summed E-state index contributed by atoms with van der Waals surface area (Å²) in [6, 6.07) is 2.16. The lowest BCUT2D eigenvalue weighted by Crippen LogP contribution is -2.61. The Morgan fingerprint density at radius 2 is 2.12 bits per heavy atom. The quantitative estimate of drug-likeness (QED) is 0.833. The SMILES string of the molecule is Cn1nc(C(C)(C)C)cc1NC(=O)CN1CC(N2CCNC2=O)C1. The van der Waals surface area contributed by atoms with E-state index in [9.17, 15) is 9.59 Å². The van der Waals surface area contributed by atoms with Gasteiger partial charge < -0.3 is 15.5 Å². The van der Waals surface area contributed by atoms with Crippen molar-refractivity contribution in [3.8, 4) is 0 Å². The fourth-order valence-electron chi connectivity index (χ4n) is 3.04. The molecule has 0 radical (unpaired) electrons. The Morgan fingerprint density at radius 3 is 2.67 bits per heavy atom. The molecule has 0 unspecified atom stereocenters. The normalized spacial score (nSPS) is 19.3. The second-order valence-corrected chi connectivity index (χ2v) is 7.61. The molecule has 132 valence electrons. The average molecular weight is 334 g/mol. The molecule has 2 aliphatic heterocycles. The lowest BCUT2D eigenvalue weighted by Gasteiger charge is -2.42. The van der Waals surface area contributed by atoms with Crippen molar-refractivity contribution < 1.29 is 9.59 Å². The molecule has 3 rings (SSSR count). The molecule has 2 fully saturated rings. The van der Waals surface area contributed by atoms with Crippen LogP contribution in [-0.4, -0.2) is 70.3 Å². The largest absolute Gasteiger partial charge is 0.336 e. The summed E-state index contributed by atoms with van der Waals surface area (Å²) in [5.74, 6) is 0.656. The highest BCUT2D eigenvalue weighted by Gasteiger charge is 2.37. The first-order valence-electron chi connectivity index (χ1n) is 8.35. The number of amides is 3. The number of aromatic nitrogens is 2. The van der Waals surface area contributed by atoms with Gasteiger partial charge in [-0.2, -0.15) is 5.10 Å². The number of hydrogen-bond acceptors (Lipinski definition) is 4. The maximum absolute atomic E-state index is 12.2. The van der Waals surface area contributed by atoms with Crippen LogP contribution in [0.5, 0.6) is 0 Å². The molecule has 8 heteroatoms. The number of carbonyl (C=O) groups is 2. The van der Waals surface area contributed by atoms with Gasteiger partial charge >= 0.3 is 6.03 Å². The van der Waals surface area contributed by atoms with Gasteiger partial charge in [-0.25, -0.2) is 4.79 Å². The predicted octanol–water partition coefficient (Wildman–Crippen LogP) is 0.366. The van der Waals surface area contributed by atoms with Gasteiger partial charge in [0.2, 0.25) is 5.91 Å². The molecule has 0 aromatic carbocycles. The van der Waals surface area contributed by atoms with E-state index in [2.05, 4.69) is 36.5 Å². The van der Waals surface area contributed by atoms with Gasteiger partial charge in [0, 0.05) is 44.7 Å². The Morgan fingerprint density at radius 1 is 1.42 bits per heavy atom. The number of hydrogen-bond donors (Lipinski definition) is 2. The zero-order valence-corrected chi connectivity index (χ0v) is 14.8. The third-order valence-electron chi connectivity index (χ3n) is 4.55. The summed E-state index contributed by atoms with van der Waals surface area (Å²) < 4.78 is 1.70. The van der Waals surface area contributed by atoms with Gasteiger partial charge in [0.05, 0.1) is 18.3 Å². The molecule has 2 saturated heterocycles. The number of urea groups is 1. The second-order valence-electron chi connectivity index (χ2n) is 7.61. The lowest BCUT2D eigenvalue weighted by molar-refractivity contribution is -0.118. The average Bonchev–Trinajstić information content (AvgIpc) is 3.00. The fraction of sp³-hybridized carbons (Fsp3) is 0.688. The molecular formula is C16H26N6O2. The van der Waals surface area contributed by atoms with E-state index in [0.717, 1.165) is 25.3 Å². The molecule has 0 aliphatic carbocycles. The predicted molar refractivity (Wildman–Crippen MR) is 90.9 cm³/mol. The van der Waals surface area contributed by atoms with Crippen molar-refractivity contribution >= 4 is 17.8 Å². The molecule has 24 heavy (non-hydrogen) atoms. The zero-order chi connectivity index (χ0) is 17.5. The third kappa shape index (κ3) is 3.38. The highest BCUT2D eigenvalue weighted by atomic mass is 16.2. The summed E-state index contributed by atoms with van der Waals surface area (Å²) >= 11 is 0. The highest BCUT2D eigenvalue weighted by Crippen LogP contribution is 2.23. The van der Waals surface area contributed by atoms with E-state index >= 15 is 0 Å². The van der Waals surface area contributed by atoms with Crippen molar-refractivity contribution in [1.29, 1.82) is 0 Å². The first-order chi connectivity index (χ1) is 11.2. The summed E-state index contributed by atoms with van der Waals surface area (Å²) in [5.41, 5.74) is 0.895. The maximum atomic E-state index is 12.2. The van der Waals surface area contributed by atoms with Crippen LogP contribution < -0.4 is 10.6 Å². The molecular weight excluding hydrogens is 308 g/mol. The summed E-state index contributed by atoms with van der Waals surface area (Å²) in [7, 11) is 1.83. The number of nitrogens with zero attached hydrogens (tertiary/aromatic N) is 4. The minimum absolute atomic E-state index is 0.00805. The van der Waals surface area contributed by atoms with E-state index in [-0.39, 0.29) is 23.4 Å². The van der Waals surface area contributed by atoms with E-state index in [1.54, 1.807) is 4.68 Å². The van der Waals surface area contributed by atoms with Crippen molar-refractivity contribution in [1.82, 2.24) is 24.9 Å². The van der Waals surface area contributed by atoms with E-state index in [4.69, 9.17) is 0 Å².